The Bertz CT molecular complexity index is 644. The molecule has 9 heteroatoms. The highest BCUT2D eigenvalue weighted by atomic mass is 127. The molecule has 0 saturated heterocycles. The van der Waals surface area contributed by atoms with E-state index in [1.54, 1.807) is 23.1 Å². The number of hydrogen-bond donors (Lipinski definition) is 1. The topological polar surface area (TPSA) is 103 Å². The molecule has 0 radical (unpaired) electrons. The number of nitrogens with zero attached hydrogens (tertiary/aromatic N) is 4. The van der Waals surface area contributed by atoms with Gasteiger partial charge in [-0.05, 0) is 35.1 Å². The molecule has 0 spiro atoms. The first kappa shape index (κ1) is 15.4. The molecule has 1 aromatic carbocycles. The Balaban J connectivity index is 1.90. The zero-order chi connectivity index (χ0) is 15.2. The standard InChI is InChI=1S/C12H12IN5O3/c13-11-3-2-9(18(20)21)8-10(11)12(19)14-4-1-6-17-7-5-15-16-17/h2-3,5,7-8H,1,4,6H2,(H,14,19). The van der Waals surface area contributed by atoms with E-state index < -0.39 is 4.92 Å². The lowest BCUT2D eigenvalue weighted by molar-refractivity contribution is -0.384. The molecule has 110 valence electrons. The molecule has 0 atom stereocenters. The van der Waals surface area contributed by atoms with Crippen molar-refractivity contribution < 1.29 is 9.72 Å². The number of hydrogen-bond acceptors (Lipinski definition) is 5. The number of aryl methyl sites for hydroxylation is 1. The second-order valence-corrected chi connectivity index (χ2v) is 5.36. The summed E-state index contributed by atoms with van der Waals surface area (Å²) in [6.07, 6.45) is 4.02. The van der Waals surface area contributed by atoms with E-state index >= 15 is 0 Å². The van der Waals surface area contributed by atoms with Crippen LogP contribution in [0.25, 0.3) is 0 Å². The summed E-state index contributed by atoms with van der Waals surface area (Å²) in [4.78, 5) is 22.2. The summed E-state index contributed by atoms with van der Waals surface area (Å²) in [7, 11) is 0. The van der Waals surface area contributed by atoms with E-state index in [-0.39, 0.29) is 11.6 Å². The fraction of sp³-hybridized carbons (Fsp3) is 0.250. The predicted molar refractivity (Wildman–Crippen MR) is 82.8 cm³/mol. The van der Waals surface area contributed by atoms with Crippen molar-refractivity contribution in [3.8, 4) is 0 Å². The van der Waals surface area contributed by atoms with Crippen molar-refractivity contribution in [3.63, 3.8) is 0 Å². The number of nitro groups is 1. The monoisotopic (exact) mass is 401 g/mol. The zero-order valence-corrected chi connectivity index (χ0v) is 13.1. The summed E-state index contributed by atoms with van der Waals surface area (Å²) in [5.74, 6) is -0.318. The fourth-order valence-electron chi connectivity index (χ4n) is 1.69. The number of halogens is 1. The highest BCUT2D eigenvalue weighted by molar-refractivity contribution is 14.1. The maximum atomic E-state index is 12.0. The SMILES string of the molecule is O=C(NCCCn1ccnn1)c1cc([N+](=O)[O-])ccc1I. The largest absolute Gasteiger partial charge is 0.352 e. The van der Waals surface area contributed by atoms with Crippen molar-refractivity contribution in [1.82, 2.24) is 20.3 Å². The first-order chi connectivity index (χ1) is 10.1. The Morgan fingerprint density at radius 3 is 2.95 bits per heavy atom. The quantitative estimate of drug-likeness (QED) is 0.343. The van der Waals surface area contributed by atoms with Gasteiger partial charge in [0.05, 0.1) is 16.7 Å². The van der Waals surface area contributed by atoms with E-state index in [1.165, 1.54) is 12.1 Å². The summed E-state index contributed by atoms with van der Waals surface area (Å²) >= 11 is 1.98. The van der Waals surface area contributed by atoms with E-state index in [0.29, 0.717) is 28.6 Å². The van der Waals surface area contributed by atoms with Crippen LogP contribution in [0.2, 0.25) is 0 Å². The van der Waals surface area contributed by atoms with Crippen molar-refractivity contribution in [2.45, 2.75) is 13.0 Å². The number of rotatable bonds is 6. The summed E-state index contributed by atoms with van der Waals surface area (Å²) in [6.45, 7) is 1.10. The maximum absolute atomic E-state index is 12.0. The minimum absolute atomic E-state index is 0.0943. The number of amides is 1. The summed E-state index contributed by atoms with van der Waals surface area (Å²) in [6, 6.07) is 4.22. The van der Waals surface area contributed by atoms with Crippen molar-refractivity contribution in [1.29, 1.82) is 0 Å². The van der Waals surface area contributed by atoms with Crippen LogP contribution in [-0.4, -0.2) is 32.4 Å². The van der Waals surface area contributed by atoms with Gasteiger partial charge >= 0.3 is 0 Å². The van der Waals surface area contributed by atoms with Gasteiger partial charge in [-0.2, -0.15) is 0 Å². The van der Waals surface area contributed by atoms with Gasteiger partial charge in [-0.1, -0.05) is 5.21 Å². The van der Waals surface area contributed by atoms with E-state index in [0.717, 1.165) is 0 Å². The summed E-state index contributed by atoms with van der Waals surface area (Å²) < 4.78 is 2.34. The van der Waals surface area contributed by atoms with Gasteiger partial charge in [0.15, 0.2) is 0 Å². The highest BCUT2D eigenvalue weighted by Crippen LogP contribution is 2.19. The van der Waals surface area contributed by atoms with Crippen LogP contribution < -0.4 is 5.32 Å². The highest BCUT2D eigenvalue weighted by Gasteiger charge is 2.14. The normalized spacial score (nSPS) is 10.3. The number of aromatic nitrogens is 3. The van der Waals surface area contributed by atoms with Crippen molar-refractivity contribution in [2.24, 2.45) is 0 Å². The number of nitrogens with one attached hydrogen (secondary N) is 1. The average Bonchev–Trinajstić information content (AvgIpc) is 2.96. The van der Waals surface area contributed by atoms with E-state index in [1.807, 2.05) is 22.6 Å². The number of carbonyl (C=O) groups is 1. The summed E-state index contributed by atoms with van der Waals surface area (Å²) in [5, 5.41) is 21.0. The second kappa shape index (κ2) is 7.11. The molecule has 21 heavy (non-hydrogen) atoms. The van der Waals surface area contributed by atoms with Gasteiger partial charge in [-0.25, -0.2) is 0 Å². The number of benzene rings is 1. The van der Waals surface area contributed by atoms with Gasteiger partial charge in [0.2, 0.25) is 0 Å². The van der Waals surface area contributed by atoms with Crippen molar-refractivity contribution >= 4 is 34.2 Å². The van der Waals surface area contributed by atoms with Gasteiger partial charge in [-0.15, -0.1) is 5.10 Å². The third-order valence-corrected chi connectivity index (χ3v) is 3.67. The van der Waals surface area contributed by atoms with E-state index in [4.69, 9.17) is 0 Å². The van der Waals surface area contributed by atoms with Gasteiger partial charge in [0, 0.05) is 35.0 Å². The molecule has 0 fully saturated rings. The minimum atomic E-state index is -0.516. The lowest BCUT2D eigenvalue weighted by Crippen LogP contribution is -2.26. The Kier molecular flexibility index (Phi) is 5.20. The number of carbonyl (C=O) groups excluding carboxylic acids is 1. The van der Waals surface area contributed by atoms with Crippen LogP contribution in [0.4, 0.5) is 5.69 Å². The van der Waals surface area contributed by atoms with Crippen LogP contribution in [0.3, 0.4) is 0 Å². The molecule has 8 nitrogen and oxygen atoms in total. The molecule has 2 aromatic rings. The van der Waals surface area contributed by atoms with E-state index in [9.17, 15) is 14.9 Å². The van der Waals surface area contributed by atoms with Crippen molar-refractivity contribution in [2.75, 3.05) is 6.54 Å². The molecular weight excluding hydrogens is 389 g/mol. The maximum Gasteiger partial charge on any atom is 0.270 e. The fourth-order valence-corrected chi connectivity index (χ4v) is 2.27. The number of non-ortho nitro benzene ring substituents is 1. The van der Waals surface area contributed by atoms with Crippen LogP contribution in [0.5, 0.6) is 0 Å². The Morgan fingerprint density at radius 1 is 1.48 bits per heavy atom. The Morgan fingerprint density at radius 2 is 2.29 bits per heavy atom. The second-order valence-electron chi connectivity index (χ2n) is 4.20. The molecule has 0 aliphatic rings. The molecule has 0 unspecified atom stereocenters. The average molecular weight is 401 g/mol. The molecule has 1 heterocycles. The van der Waals surface area contributed by atoms with Gasteiger partial charge in [0.1, 0.15) is 0 Å². The van der Waals surface area contributed by atoms with Crippen LogP contribution >= 0.6 is 22.6 Å². The van der Waals surface area contributed by atoms with Crippen molar-refractivity contribution in [3.05, 3.63) is 49.8 Å². The molecule has 0 saturated carbocycles. The van der Waals surface area contributed by atoms with Gasteiger partial charge in [0.25, 0.3) is 11.6 Å². The smallest absolute Gasteiger partial charge is 0.270 e. The molecule has 2 rings (SSSR count). The van der Waals surface area contributed by atoms with Gasteiger partial charge in [-0.3, -0.25) is 19.6 Å². The predicted octanol–water partition coefficient (Wildman–Crippen LogP) is 1.61. The van der Waals surface area contributed by atoms with Crippen LogP contribution in [0.15, 0.2) is 30.6 Å². The summed E-state index contributed by atoms with van der Waals surface area (Å²) in [5.41, 5.74) is 0.216. The minimum Gasteiger partial charge on any atom is -0.352 e. The van der Waals surface area contributed by atoms with E-state index in [2.05, 4.69) is 15.6 Å². The van der Waals surface area contributed by atoms with Crippen LogP contribution in [0.1, 0.15) is 16.8 Å². The third-order valence-electron chi connectivity index (χ3n) is 2.73. The first-order valence-corrected chi connectivity index (χ1v) is 7.22. The Labute approximate surface area is 133 Å². The number of nitro benzene ring substituents is 1. The lowest BCUT2D eigenvalue weighted by Gasteiger charge is -2.07. The van der Waals surface area contributed by atoms with Crippen LogP contribution in [-0.2, 0) is 6.54 Å². The first-order valence-electron chi connectivity index (χ1n) is 6.14. The van der Waals surface area contributed by atoms with Crippen LogP contribution in [0, 0.1) is 13.7 Å². The molecular formula is C12H12IN5O3. The zero-order valence-electron chi connectivity index (χ0n) is 10.9. The van der Waals surface area contributed by atoms with Gasteiger partial charge < -0.3 is 5.32 Å². The molecule has 1 N–H and O–H groups in total. The molecule has 1 aromatic heterocycles. The third kappa shape index (κ3) is 4.21. The molecule has 0 aliphatic heterocycles. The molecule has 0 bridgehead atoms. The lowest BCUT2D eigenvalue weighted by atomic mass is 10.2. The Hall–Kier alpha value is -2.04. The molecule has 0 aliphatic carbocycles. The molecule has 1 amide bonds.